The van der Waals surface area contributed by atoms with Crippen LogP contribution in [0, 0.1) is 12.8 Å². The van der Waals surface area contributed by atoms with E-state index in [0.717, 1.165) is 53.3 Å². The van der Waals surface area contributed by atoms with Crippen LogP contribution in [0.25, 0.3) is 22.0 Å². The van der Waals surface area contributed by atoms with E-state index in [2.05, 4.69) is 5.32 Å². The van der Waals surface area contributed by atoms with Gasteiger partial charge >= 0.3 is 5.97 Å². The van der Waals surface area contributed by atoms with Crippen LogP contribution in [0.5, 0.6) is 0 Å². The third-order valence-electron chi connectivity index (χ3n) is 8.80. The molecule has 7 nitrogen and oxygen atoms in total. The van der Waals surface area contributed by atoms with Crippen LogP contribution in [0.4, 0.5) is 0 Å². The molecule has 0 aliphatic heterocycles. The van der Waals surface area contributed by atoms with E-state index in [0.29, 0.717) is 28.2 Å². The predicted octanol–water partition coefficient (Wildman–Crippen LogP) is 7.36. The molecule has 0 radical (unpaired) electrons. The molecule has 8 heteroatoms. The molecule has 1 aliphatic carbocycles. The maximum atomic E-state index is 13.6. The standard InChI is InChI=1S/C37H34ClN3O4/c1-23-20-25(12-19-30(23)37(44)45)21-39-35(42)33(26-6-2-3-7-26)27-13-10-24(11-14-27)22-41-36(43)32-9-5-4-8-31(32)34(40-41)28-15-17-29(38)18-16-28/h4-5,8-20,26,33H,2-3,6-7,21-22H2,1H3,(H,39,42)(H,44,45). The summed E-state index contributed by atoms with van der Waals surface area (Å²) in [6.07, 6.45) is 4.20. The Morgan fingerprint density at radius 3 is 2.27 bits per heavy atom. The number of carboxylic acid groups (broad SMARTS) is 1. The van der Waals surface area contributed by atoms with E-state index in [-0.39, 0.29) is 35.4 Å². The fourth-order valence-corrected chi connectivity index (χ4v) is 6.60. The van der Waals surface area contributed by atoms with Crippen molar-refractivity contribution < 1.29 is 14.7 Å². The van der Waals surface area contributed by atoms with Gasteiger partial charge in [0.05, 0.1) is 29.1 Å². The van der Waals surface area contributed by atoms with Gasteiger partial charge in [0.25, 0.3) is 5.56 Å². The highest BCUT2D eigenvalue weighted by molar-refractivity contribution is 6.30. The van der Waals surface area contributed by atoms with Crippen molar-refractivity contribution in [2.75, 3.05) is 0 Å². The SMILES string of the molecule is Cc1cc(CNC(=O)C(c2ccc(Cn3nc(-c4ccc(Cl)cc4)c4ccccc4c3=O)cc2)C2CCCC2)ccc1C(=O)O. The Bertz CT molecular complexity index is 1930. The number of hydrogen-bond acceptors (Lipinski definition) is 4. The van der Waals surface area contributed by atoms with Crippen LogP contribution in [0.1, 0.15) is 64.2 Å². The molecule has 45 heavy (non-hydrogen) atoms. The first-order chi connectivity index (χ1) is 21.8. The summed E-state index contributed by atoms with van der Waals surface area (Å²) in [6, 6.07) is 28.0. The molecule has 1 heterocycles. The average molecular weight is 620 g/mol. The van der Waals surface area contributed by atoms with Crippen LogP contribution >= 0.6 is 11.6 Å². The van der Waals surface area contributed by atoms with Gasteiger partial charge in [-0.05, 0) is 72.2 Å². The van der Waals surface area contributed by atoms with Crippen molar-refractivity contribution >= 4 is 34.2 Å². The van der Waals surface area contributed by atoms with Gasteiger partial charge in [-0.15, -0.1) is 0 Å². The molecule has 1 saturated carbocycles. The van der Waals surface area contributed by atoms with Crippen LogP contribution < -0.4 is 10.9 Å². The number of carbonyl (C=O) groups excluding carboxylic acids is 1. The fourth-order valence-electron chi connectivity index (χ4n) is 6.47. The number of nitrogens with one attached hydrogen (secondary N) is 1. The molecule has 228 valence electrons. The smallest absolute Gasteiger partial charge is 0.335 e. The van der Waals surface area contributed by atoms with E-state index in [1.807, 2.05) is 78.9 Å². The Morgan fingerprint density at radius 2 is 1.60 bits per heavy atom. The zero-order chi connectivity index (χ0) is 31.5. The number of amides is 1. The first-order valence-corrected chi connectivity index (χ1v) is 15.6. The molecule has 4 aromatic carbocycles. The lowest BCUT2D eigenvalue weighted by Gasteiger charge is -2.23. The van der Waals surface area contributed by atoms with Gasteiger partial charge in [0.15, 0.2) is 0 Å². The Balaban J connectivity index is 1.24. The van der Waals surface area contributed by atoms with Crippen LogP contribution in [0.3, 0.4) is 0 Å². The molecule has 0 spiro atoms. The second-order valence-electron chi connectivity index (χ2n) is 11.8. The van der Waals surface area contributed by atoms with Crippen molar-refractivity contribution in [1.82, 2.24) is 15.1 Å². The van der Waals surface area contributed by atoms with Crippen molar-refractivity contribution in [2.24, 2.45) is 5.92 Å². The number of nitrogens with zero attached hydrogens (tertiary/aromatic N) is 2. The Morgan fingerprint density at radius 1 is 0.933 bits per heavy atom. The van der Waals surface area contributed by atoms with Crippen molar-refractivity contribution in [3.63, 3.8) is 0 Å². The number of aryl methyl sites for hydroxylation is 1. The summed E-state index contributed by atoms with van der Waals surface area (Å²) in [6.45, 7) is 2.38. The highest BCUT2D eigenvalue weighted by Crippen LogP contribution is 2.38. The highest BCUT2D eigenvalue weighted by atomic mass is 35.5. The van der Waals surface area contributed by atoms with Gasteiger partial charge in [-0.1, -0.05) is 91.2 Å². The fraction of sp³-hybridized carbons (Fsp3) is 0.243. The molecule has 1 aromatic heterocycles. The van der Waals surface area contributed by atoms with Gasteiger partial charge < -0.3 is 10.4 Å². The van der Waals surface area contributed by atoms with E-state index in [1.165, 1.54) is 4.68 Å². The normalized spacial score (nSPS) is 14.0. The van der Waals surface area contributed by atoms with Crippen molar-refractivity contribution in [3.05, 3.63) is 134 Å². The van der Waals surface area contributed by atoms with Crippen LogP contribution in [0.2, 0.25) is 5.02 Å². The minimum absolute atomic E-state index is 0.0327. The minimum atomic E-state index is -0.962. The topological polar surface area (TPSA) is 101 Å². The summed E-state index contributed by atoms with van der Waals surface area (Å²) in [5.41, 5.74) is 5.06. The van der Waals surface area contributed by atoms with Crippen molar-refractivity contribution in [3.8, 4) is 11.3 Å². The number of aromatic carboxylic acids is 1. The molecule has 2 N–H and O–H groups in total. The Hall–Kier alpha value is -4.75. The molecule has 0 saturated heterocycles. The number of aromatic nitrogens is 2. The zero-order valence-corrected chi connectivity index (χ0v) is 25.8. The molecule has 1 aliphatic rings. The first-order valence-electron chi connectivity index (χ1n) is 15.2. The molecule has 1 amide bonds. The van der Waals surface area contributed by atoms with E-state index in [1.54, 1.807) is 19.1 Å². The van der Waals surface area contributed by atoms with Crippen LogP contribution in [-0.2, 0) is 17.9 Å². The summed E-state index contributed by atoms with van der Waals surface area (Å²) in [5.74, 6) is -1.04. The molecule has 1 atom stereocenters. The van der Waals surface area contributed by atoms with Gasteiger partial charge in [-0.2, -0.15) is 5.10 Å². The van der Waals surface area contributed by atoms with E-state index in [9.17, 15) is 19.5 Å². The Labute approximate surface area is 266 Å². The van der Waals surface area contributed by atoms with Gasteiger partial charge in [0, 0.05) is 22.5 Å². The molecule has 0 bridgehead atoms. The summed E-state index contributed by atoms with van der Waals surface area (Å²) < 4.78 is 1.50. The lowest BCUT2D eigenvalue weighted by molar-refractivity contribution is -0.123. The first kappa shape index (κ1) is 30.3. The number of carboxylic acids is 1. The quantitative estimate of drug-likeness (QED) is 0.179. The predicted molar refractivity (Wildman–Crippen MR) is 177 cm³/mol. The summed E-state index contributed by atoms with van der Waals surface area (Å²) in [4.78, 5) is 38.5. The molecular weight excluding hydrogens is 586 g/mol. The van der Waals surface area contributed by atoms with Crippen molar-refractivity contribution in [2.45, 2.75) is 51.6 Å². The van der Waals surface area contributed by atoms with Gasteiger partial charge in [-0.25, -0.2) is 9.48 Å². The second kappa shape index (κ2) is 13.1. The van der Waals surface area contributed by atoms with Crippen LogP contribution in [0.15, 0.2) is 95.8 Å². The maximum absolute atomic E-state index is 13.6. The third-order valence-corrected chi connectivity index (χ3v) is 9.05. The number of halogens is 1. The van der Waals surface area contributed by atoms with E-state index >= 15 is 0 Å². The second-order valence-corrected chi connectivity index (χ2v) is 12.2. The number of benzene rings is 4. The van der Waals surface area contributed by atoms with Crippen molar-refractivity contribution in [1.29, 1.82) is 0 Å². The molecule has 1 unspecified atom stereocenters. The largest absolute Gasteiger partial charge is 0.478 e. The van der Waals surface area contributed by atoms with Gasteiger partial charge in [-0.3, -0.25) is 9.59 Å². The van der Waals surface area contributed by atoms with E-state index in [4.69, 9.17) is 16.7 Å². The zero-order valence-electron chi connectivity index (χ0n) is 25.0. The number of rotatable bonds is 9. The summed E-state index contributed by atoms with van der Waals surface area (Å²) in [5, 5.41) is 19.2. The van der Waals surface area contributed by atoms with E-state index < -0.39 is 5.97 Å². The highest BCUT2D eigenvalue weighted by Gasteiger charge is 2.32. The Kier molecular flexibility index (Phi) is 8.80. The molecule has 5 aromatic rings. The number of fused-ring (bicyclic) bond motifs is 1. The number of hydrogen-bond donors (Lipinski definition) is 2. The lowest BCUT2D eigenvalue weighted by Crippen LogP contribution is -2.32. The number of carbonyl (C=O) groups is 2. The van der Waals surface area contributed by atoms with Gasteiger partial charge in [0.1, 0.15) is 0 Å². The van der Waals surface area contributed by atoms with Gasteiger partial charge in [0.2, 0.25) is 5.91 Å². The maximum Gasteiger partial charge on any atom is 0.335 e. The molecule has 1 fully saturated rings. The van der Waals surface area contributed by atoms with Crippen LogP contribution in [-0.4, -0.2) is 26.8 Å². The monoisotopic (exact) mass is 619 g/mol. The molecule has 6 rings (SSSR count). The minimum Gasteiger partial charge on any atom is -0.478 e. The third kappa shape index (κ3) is 6.54. The summed E-state index contributed by atoms with van der Waals surface area (Å²) >= 11 is 6.12. The summed E-state index contributed by atoms with van der Waals surface area (Å²) in [7, 11) is 0. The molecular formula is C37H34ClN3O4. The average Bonchev–Trinajstić information content (AvgIpc) is 3.57. The lowest BCUT2D eigenvalue weighted by atomic mass is 9.83.